The van der Waals surface area contributed by atoms with E-state index in [2.05, 4.69) is 19.8 Å². The summed E-state index contributed by atoms with van der Waals surface area (Å²) < 4.78 is 7.65. The summed E-state index contributed by atoms with van der Waals surface area (Å²) in [7, 11) is 0. The van der Waals surface area contributed by atoms with Gasteiger partial charge in [-0.3, -0.25) is 4.90 Å². The zero-order valence-electron chi connectivity index (χ0n) is 15.6. The molecule has 0 bridgehead atoms. The van der Waals surface area contributed by atoms with Crippen LogP contribution in [0.1, 0.15) is 25.1 Å². The molecule has 1 aromatic heterocycles. The number of urea groups is 1. The molecule has 2 fully saturated rings. The van der Waals surface area contributed by atoms with Gasteiger partial charge in [-0.2, -0.15) is 0 Å². The summed E-state index contributed by atoms with van der Waals surface area (Å²) in [5, 5.41) is 3.19. The number of carbonyl (C=O) groups excluding carboxylic acids is 1. The molecule has 26 heavy (non-hydrogen) atoms. The van der Waals surface area contributed by atoms with E-state index in [1.165, 1.54) is 12.2 Å². The van der Waals surface area contributed by atoms with Crippen LogP contribution in [0.4, 0.5) is 4.79 Å². The van der Waals surface area contributed by atoms with E-state index in [-0.39, 0.29) is 6.03 Å². The number of ether oxygens (including phenoxy) is 1. The molecule has 7 heteroatoms. The molecular weight excluding hydrogens is 330 g/mol. The number of nitrogens with one attached hydrogen (secondary N) is 1. The Labute approximate surface area is 155 Å². The van der Waals surface area contributed by atoms with Gasteiger partial charge in [0, 0.05) is 64.6 Å². The third kappa shape index (κ3) is 4.38. The number of likely N-dealkylation sites (tertiary alicyclic amines) is 1. The van der Waals surface area contributed by atoms with Gasteiger partial charge in [-0.1, -0.05) is 0 Å². The van der Waals surface area contributed by atoms with Crippen LogP contribution in [0.3, 0.4) is 0 Å². The van der Waals surface area contributed by atoms with Crippen molar-refractivity contribution >= 4 is 6.03 Å². The first-order chi connectivity index (χ1) is 12.8. The van der Waals surface area contributed by atoms with Crippen LogP contribution in [0.15, 0.2) is 12.4 Å². The number of hydrogen-bond acceptors (Lipinski definition) is 4. The van der Waals surface area contributed by atoms with E-state index >= 15 is 0 Å². The highest BCUT2D eigenvalue weighted by molar-refractivity contribution is 5.74. The molecule has 3 aliphatic heterocycles. The Balaban J connectivity index is 1.21. The first-order valence-electron chi connectivity index (χ1n) is 10.1. The highest BCUT2D eigenvalue weighted by Gasteiger charge is 2.26. The normalized spacial score (nSPS) is 27.2. The second-order valence-corrected chi connectivity index (χ2v) is 7.95. The summed E-state index contributed by atoms with van der Waals surface area (Å²) in [4.78, 5) is 21.5. The van der Waals surface area contributed by atoms with Crippen molar-refractivity contribution in [2.45, 2.75) is 32.2 Å². The fourth-order valence-electron chi connectivity index (χ4n) is 4.49. The number of aryl methyl sites for hydroxylation is 1. The molecule has 4 heterocycles. The standard InChI is InChI=1S/C19H31N5O2/c25-19(21-12-16-3-4-18-20-5-7-23(18)14-16)24-6-1-2-17(15-24)13-22-8-10-26-11-9-22/h5,7,16-17H,1-4,6,8-15H2,(H,21,25). The van der Waals surface area contributed by atoms with Gasteiger partial charge in [-0.15, -0.1) is 0 Å². The molecule has 2 atom stereocenters. The van der Waals surface area contributed by atoms with Gasteiger partial charge in [0.2, 0.25) is 0 Å². The third-order valence-corrected chi connectivity index (χ3v) is 6.00. The second-order valence-electron chi connectivity index (χ2n) is 7.95. The Hall–Kier alpha value is -1.60. The molecule has 144 valence electrons. The molecule has 0 aliphatic carbocycles. The highest BCUT2D eigenvalue weighted by Crippen LogP contribution is 2.20. The lowest BCUT2D eigenvalue weighted by molar-refractivity contribution is 0.0249. The SMILES string of the molecule is O=C(NCC1CCc2nccn2C1)N1CCCC(CN2CCOCC2)C1. The number of piperidine rings is 1. The van der Waals surface area contributed by atoms with Crippen molar-refractivity contribution in [3.05, 3.63) is 18.2 Å². The fraction of sp³-hybridized carbons (Fsp3) is 0.789. The molecule has 0 aromatic carbocycles. The molecule has 7 nitrogen and oxygen atoms in total. The van der Waals surface area contributed by atoms with E-state index in [0.717, 1.165) is 78.3 Å². The molecule has 1 N–H and O–H groups in total. The smallest absolute Gasteiger partial charge is 0.317 e. The van der Waals surface area contributed by atoms with Gasteiger partial charge in [0.1, 0.15) is 5.82 Å². The lowest BCUT2D eigenvalue weighted by Crippen LogP contribution is -2.49. The molecule has 1 aromatic rings. The number of aromatic nitrogens is 2. The van der Waals surface area contributed by atoms with Crippen LogP contribution >= 0.6 is 0 Å². The summed E-state index contributed by atoms with van der Waals surface area (Å²) in [5.74, 6) is 2.28. The Morgan fingerprint density at radius 2 is 2.08 bits per heavy atom. The maximum absolute atomic E-state index is 12.6. The number of amides is 2. The molecule has 3 aliphatic rings. The lowest BCUT2D eigenvalue weighted by atomic mass is 9.97. The number of morpholine rings is 1. The predicted octanol–water partition coefficient (Wildman–Crippen LogP) is 1.20. The fourth-order valence-corrected chi connectivity index (χ4v) is 4.49. The van der Waals surface area contributed by atoms with Crippen molar-refractivity contribution in [2.24, 2.45) is 11.8 Å². The first kappa shape index (κ1) is 17.8. The lowest BCUT2D eigenvalue weighted by Gasteiger charge is -2.37. The van der Waals surface area contributed by atoms with Gasteiger partial charge < -0.3 is 19.5 Å². The minimum Gasteiger partial charge on any atom is -0.379 e. The quantitative estimate of drug-likeness (QED) is 0.875. The van der Waals surface area contributed by atoms with Crippen molar-refractivity contribution in [1.29, 1.82) is 0 Å². The van der Waals surface area contributed by atoms with E-state index in [4.69, 9.17) is 4.74 Å². The Morgan fingerprint density at radius 3 is 2.96 bits per heavy atom. The number of rotatable bonds is 4. The molecule has 4 rings (SSSR count). The second kappa shape index (κ2) is 8.39. The minimum atomic E-state index is 0.119. The topological polar surface area (TPSA) is 62.6 Å². The van der Waals surface area contributed by atoms with Crippen LogP contribution in [0.5, 0.6) is 0 Å². The number of hydrogen-bond donors (Lipinski definition) is 1. The number of fused-ring (bicyclic) bond motifs is 1. The Morgan fingerprint density at radius 1 is 1.19 bits per heavy atom. The largest absolute Gasteiger partial charge is 0.379 e. The third-order valence-electron chi connectivity index (χ3n) is 6.00. The van der Waals surface area contributed by atoms with Crippen molar-refractivity contribution in [2.75, 3.05) is 52.5 Å². The molecule has 0 radical (unpaired) electrons. The Bertz CT molecular complexity index is 599. The van der Waals surface area contributed by atoms with Crippen molar-refractivity contribution in [3.8, 4) is 0 Å². The van der Waals surface area contributed by atoms with E-state index < -0.39 is 0 Å². The van der Waals surface area contributed by atoms with Gasteiger partial charge in [-0.05, 0) is 31.1 Å². The average Bonchev–Trinajstić information content (AvgIpc) is 3.15. The van der Waals surface area contributed by atoms with Gasteiger partial charge >= 0.3 is 6.03 Å². The van der Waals surface area contributed by atoms with Crippen LogP contribution in [0.2, 0.25) is 0 Å². The van der Waals surface area contributed by atoms with Gasteiger partial charge in [0.25, 0.3) is 0 Å². The number of nitrogens with zero attached hydrogens (tertiary/aromatic N) is 4. The number of imidazole rings is 1. The zero-order chi connectivity index (χ0) is 17.8. The first-order valence-corrected chi connectivity index (χ1v) is 10.1. The summed E-state index contributed by atoms with van der Waals surface area (Å²) in [6, 6.07) is 0.119. The maximum Gasteiger partial charge on any atom is 0.317 e. The predicted molar refractivity (Wildman–Crippen MR) is 99.0 cm³/mol. The van der Waals surface area contributed by atoms with E-state index in [9.17, 15) is 4.79 Å². The number of carbonyl (C=O) groups is 1. The van der Waals surface area contributed by atoms with E-state index in [0.29, 0.717) is 11.8 Å². The van der Waals surface area contributed by atoms with Crippen molar-refractivity contribution in [3.63, 3.8) is 0 Å². The summed E-state index contributed by atoms with van der Waals surface area (Å²) in [5.41, 5.74) is 0. The summed E-state index contributed by atoms with van der Waals surface area (Å²) in [6.45, 7) is 8.35. The minimum absolute atomic E-state index is 0.119. The zero-order valence-corrected chi connectivity index (χ0v) is 15.6. The maximum atomic E-state index is 12.6. The Kier molecular flexibility index (Phi) is 5.75. The molecule has 0 saturated carbocycles. The van der Waals surface area contributed by atoms with Gasteiger partial charge in [0.05, 0.1) is 13.2 Å². The molecule has 2 unspecified atom stereocenters. The van der Waals surface area contributed by atoms with Gasteiger partial charge in [0.15, 0.2) is 0 Å². The van der Waals surface area contributed by atoms with Crippen LogP contribution in [0.25, 0.3) is 0 Å². The van der Waals surface area contributed by atoms with E-state index in [1.807, 2.05) is 17.3 Å². The van der Waals surface area contributed by atoms with Crippen LogP contribution < -0.4 is 5.32 Å². The van der Waals surface area contributed by atoms with Crippen molar-refractivity contribution < 1.29 is 9.53 Å². The van der Waals surface area contributed by atoms with Crippen LogP contribution in [-0.4, -0.2) is 77.9 Å². The molecular formula is C19H31N5O2. The summed E-state index contributed by atoms with van der Waals surface area (Å²) in [6.07, 6.45) is 8.38. The van der Waals surface area contributed by atoms with Crippen LogP contribution in [0, 0.1) is 11.8 Å². The molecule has 2 saturated heterocycles. The van der Waals surface area contributed by atoms with Gasteiger partial charge in [-0.25, -0.2) is 9.78 Å². The van der Waals surface area contributed by atoms with Crippen molar-refractivity contribution in [1.82, 2.24) is 24.7 Å². The monoisotopic (exact) mass is 361 g/mol. The van der Waals surface area contributed by atoms with Crippen LogP contribution in [-0.2, 0) is 17.7 Å². The molecule has 0 spiro atoms. The highest BCUT2D eigenvalue weighted by atomic mass is 16.5. The summed E-state index contributed by atoms with van der Waals surface area (Å²) >= 11 is 0. The average molecular weight is 361 g/mol. The van der Waals surface area contributed by atoms with E-state index in [1.54, 1.807) is 0 Å². The molecule has 2 amide bonds.